The van der Waals surface area contributed by atoms with Gasteiger partial charge in [-0.1, -0.05) is 17.7 Å². The molecule has 1 N–H and O–H groups in total. The van der Waals surface area contributed by atoms with Crippen LogP contribution in [0.5, 0.6) is 0 Å². The predicted molar refractivity (Wildman–Crippen MR) is 88.9 cm³/mol. The van der Waals surface area contributed by atoms with Crippen LogP contribution in [0.25, 0.3) is 0 Å². The van der Waals surface area contributed by atoms with E-state index in [0.717, 1.165) is 42.7 Å². The van der Waals surface area contributed by atoms with Gasteiger partial charge < -0.3 is 10.2 Å². The van der Waals surface area contributed by atoms with Crippen molar-refractivity contribution in [1.82, 2.24) is 4.90 Å². The molecule has 22 heavy (non-hydrogen) atoms. The lowest BCUT2D eigenvalue weighted by Crippen LogP contribution is -2.46. The molecule has 0 saturated carbocycles. The summed E-state index contributed by atoms with van der Waals surface area (Å²) in [6, 6.07) is 4.08. The second-order valence-corrected chi connectivity index (χ2v) is 6.85. The van der Waals surface area contributed by atoms with Crippen LogP contribution in [-0.2, 0) is 9.59 Å². The zero-order valence-electron chi connectivity index (χ0n) is 14.2. The van der Waals surface area contributed by atoms with Crippen LogP contribution in [-0.4, -0.2) is 29.8 Å². The molecule has 120 valence electrons. The number of likely N-dealkylation sites (tertiary alicyclic amines) is 1. The Hall–Kier alpha value is -1.84. The maximum atomic E-state index is 12.7. The summed E-state index contributed by atoms with van der Waals surface area (Å²) >= 11 is 0. The zero-order valence-corrected chi connectivity index (χ0v) is 14.2. The largest absolute Gasteiger partial charge is 0.342 e. The normalized spacial score (nSPS) is 15.0. The SMILES string of the molecule is Cc1cc(C)c(NC(=O)C(C)(C)C(=O)N2CCCC2)c(C)c1. The molecule has 0 spiro atoms. The summed E-state index contributed by atoms with van der Waals surface area (Å²) in [5, 5.41) is 2.96. The van der Waals surface area contributed by atoms with Gasteiger partial charge in [-0.25, -0.2) is 0 Å². The van der Waals surface area contributed by atoms with Crippen molar-refractivity contribution in [3.8, 4) is 0 Å². The van der Waals surface area contributed by atoms with Crippen LogP contribution in [0.15, 0.2) is 12.1 Å². The van der Waals surface area contributed by atoms with Crippen molar-refractivity contribution < 1.29 is 9.59 Å². The van der Waals surface area contributed by atoms with Gasteiger partial charge in [0.1, 0.15) is 5.41 Å². The van der Waals surface area contributed by atoms with E-state index >= 15 is 0 Å². The third kappa shape index (κ3) is 3.16. The number of amides is 2. The van der Waals surface area contributed by atoms with E-state index in [2.05, 4.69) is 5.32 Å². The highest BCUT2D eigenvalue weighted by Crippen LogP contribution is 2.27. The molecule has 1 aliphatic heterocycles. The Balaban J connectivity index is 2.19. The molecule has 4 heteroatoms. The first kappa shape index (κ1) is 16.5. The van der Waals surface area contributed by atoms with Crippen molar-refractivity contribution in [2.24, 2.45) is 5.41 Å². The number of hydrogen-bond acceptors (Lipinski definition) is 2. The van der Waals surface area contributed by atoms with Gasteiger partial charge in [0.2, 0.25) is 11.8 Å². The summed E-state index contributed by atoms with van der Waals surface area (Å²) in [5.74, 6) is -0.315. The van der Waals surface area contributed by atoms with Crippen molar-refractivity contribution in [1.29, 1.82) is 0 Å². The first-order chi connectivity index (χ1) is 10.2. The van der Waals surface area contributed by atoms with Crippen LogP contribution in [0, 0.1) is 26.2 Å². The molecule has 1 aromatic rings. The lowest BCUT2D eigenvalue weighted by Gasteiger charge is -2.28. The van der Waals surface area contributed by atoms with Crippen LogP contribution in [0.1, 0.15) is 43.4 Å². The van der Waals surface area contributed by atoms with Crippen LogP contribution in [0.4, 0.5) is 5.69 Å². The Bertz CT molecular complexity index is 576. The van der Waals surface area contributed by atoms with Gasteiger partial charge in [-0.15, -0.1) is 0 Å². The molecule has 4 nitrogen and oxygen atoms in total. The second kappa shape index (κ2) is 6.11. The Morgan fingerprint density at radius 3 is 2.05 bits per heavy atom. The molecule has 0 unspecified atom stereocenters. The number of rotatable bonds is 3. The standard InChI is InChI=1S/C18H26N2O2/c1-12-10-13(2)15(14(3)11-12)19-16(21)18(4,5)17(22)20-8-6-7-9-20/h10-11H,6-9H2,1-5H3,(H,19,21). The monoisotopic (exact) mass is 302 g/mol. The molecule has 1 fully saturated rings. The fourth-order valence-electron chi connectivity index (χ4n) is 3.06. The van der Waals surface area contributed by atoms with Crippen molar-refractivity contribution in [3.63, 3.8) is 0 Å². The molecule has 0 atom stereocenters. The number of hydrogen-bond donors (Lipinski definition) is 1. The van der Waals surface area contributed by atoms with Crippen LogP contribution >= 0.6 is 0 Å². The van der Waals surface area contributed by atoms with Gasteiger partial charge in [0.25, 0.3) is 0 Å². The van der Waals surface area contributed by atoms with Gasteiger partial charge in [-0.3, -0.25) is 9.59 Å². The minimum atomic E-state index is -1.05. The lowest BCUT2D eigenvalue weighted by atomic mass is 9.90. The van der Waals surface area contributed by atoms with Crippen molar-refractivity contribution >= 4 is 17.5 Å². The van der Waals surface area contributed by atoms with Crippen LogP contribution in [0.2, 0.25) is 0 Å². The molecular weight excluding hydrogens is 276 g/mol. The summed E-state index contributed by atoms with van der Waals surface area (Å²) < 4.78 is 0. The highest BCUT2D eigenvalue weighted by Gasteiger charge is 2.40. The molecule has 0 aliphatic carbocycles. The average Bonchev–Trinajstić information content (AvgIpc) is 2.95. The fourth-order valence-corrected chi connectivity index (χ4v) is 3.06. The molecule has 1 aliphatic rings. The van der Waals surface area contributed by atoms with Crippen LogP contribution < -0.4 is 5.32 Å². The molecular formula is C18H26N2O2. The van der Waals surface area contributed by atoms with E-state index in [0.29, 0.717) is 0 Å². The van der Waals surface area contributed by atoms with Crippen molar-refractivity contribution in [2.75, 3.05) is 18.4 Å². The summed E-state index contributed by atoms with van der Waals surface area (Å²) in [6.07, 6.45) is 2.05. The van der Waals surface area contributed by atoms with Crippen LogP contribution in [0.3, 0.4) is 0 Å². The highest BCUT2D eigenvalue weighted by atomic mass is 16.2. The fraction of sp³-hybridized carbons (Fsp3) is 0.556. The van der Waals surface area contributed by atoms with E-state index in [1.807, 2.05) is 32.9 Å². The molecule has 1 aromatic carbocycles. The Morgan fingerprint density at radius 2 is 1.55 bits per heavy atom. The smallest absolute Gasteiger partial charge is 0.239 e. The Kier molecular flexibility index (Phi) is 4.59. The van der Waals surface area contributed by atoms with E-state index in [-0.39, 0.29) is 11.8 Å². The zero-order chi connectivity index (χ0) is 16.5. The number of benzene rings is 1. The van der Waals surface area contributed by atoms with E-state index < -0.39 is 5.41 Å². The maximum absolute atomic E-state index is 12.7. The van der Waals surface area contributed by atoms with E-state index in [9.17, 15) is 9.59 Å². The van der Waals surface area contributed by atoms with Gasteiger partial charge in [-0.05, 0) is 58.6 Å². The second-order valence-electron chi connectivity index (χ2n) is 6.85. The third-order valence-electron chi connectivity index (χ3n) is 4.41. The average molecular weight is 302 g/mol. The molecule has 1 saturated heterocycles. The summed E-state index contributed by atoms with van der Waals surface area (Å²) in [7, 11) is 0. The van der Waals surface area contributed by atoms with Gasteiger partial charge in [0, 0.05) is 18.8 Å². The number of aryl methyl sites for hydroxylation is 3. The first-order valence-corrected chi connectivity index (χ1v) is 7.92. The maximum Gasteiger partial charge on any atom is 0.239 e. The van der Waals surface area contributed by atoms with E-state index in [1.54, 1.807) is 18.7 Å². The molecule has 0 aromatic heterocycles. The van der Waals surface area contributed by atoms with Gasteiger partial charge in [-0.2, -0.15) is 0 Å². The summed E-state index contributed by atoms with van der Waals surface area (Å²) in [4.78, 5) is 27.1. The minimum Gasteiger partial charge on any atom is -0.342 e. The van der Waals surface area contributed by atoms with Crippen molar-refractivity contribution in [3.05, 3.63) is 28.8 Å². The lowest BCUT2D eigenvalue weighted by molar-refractivity contribution is -0.145. The van der Waals surface area contributed by atoms with E-state index in [4.69, 9.17) is 0 Å². The quantitative estimate of drug-likeness (QED) is 0.872. The molecule has 0 radical (unpaired) electrons. The topological polar surface area (TPSA) is 49.4 Å². The van der Waals surface area contributed by atoms with Gasteiger partial charge in [0.05, 0.1) is 0 Å². The van der Waals surface area contributed by atoms with Crippen molar-refractivity contribution in [2.45, 2.75) is 47.5 Å². The summed E-state index contributed by atoms with van der Waals surface area (Å²) in [5.41, 5.74) is 2.98. The predicted octanol–water partition coefficient (Wildman–Crippen LogP) is 3.20. The molecule has 2 rings (SSSR count). The number of anilines is 1. The molecule has 1 heterocycles. The highest BCUT2D eigenvalue weighted by molar-refractivity contribution is 6.10. The number of nitrogens with one attached hydrogen (secondary N) is 1. The Labute approximate surface area is 132 Å². The van der Waals surface area contributed by atoms with Gasteiger partial charge >= 0.3 is 0 Å². The molecule has 2 amide bonds. The van der Waals surface area contributed by atoms with Gasteiger partial charge in [0.15, 0.2) is 0 Å². The number of carbonyl (C=O) groups excluding carboxylic acids is 2. The third-order valence-corrected chi connectivity index (χ3v) is 4.41. The number of nitrogens with zero attached hydrogens (tertiary/aromatic N) is 1. The number of carbonyl (C=O) groups is 2. The minimum absolute atomic E-state index is 0.0788. The summed E-state index contributed by atoms with van der Waals surface area (Å²) in [6.45, 7) is 10.9. The van der Waals surface area contributed by atoms with E-state index in [1.165, 1.54) is 5.56 Å². The molecule has 0 bridgehead atoms. The Morgan fingerprint density at radius 1 is 1.05 bits per heavy atom. The first-order valence-electron chi connectivity index (χ1n) is 7.92.